The number of fused-ring (bicyclic) bond motifs is 1. The second-order valence-corrected chi connectivity index (χ2v) is 5.24. The van der Waals surface area contributed by atoms with Crippen molar-refractivity contribution in [3.05, 3.63) is 60.6 Å². The van der Waals surface area contributed by atoms with Crippen LogP contribution in [-0.4, -0.2) is 9.97 Å². The van der Waals surface area contributed by atoms with Gasteiger partial charge >= 0.3 is 0 Å². The van der Waals surface area contributed by atoms with Crippen molar-refractivity contribution < 1.29 is 0 Å². The van der Waals surface area contributed by atoms with Crippen LogP contribution in [0.25, 0.3) is 10.9 Å². The Morgan fingerprint density at radius 1 is 1.00 bits per heavy atom. The van der Waals surface area contributed by atoms with Crippen LogP contribution in [0.1, 0.15) is 5.56 Å². The molecule has 3 heteroatoms. The maximum atomic E-state index is 4.27. The predicted molar refractivity (Wildman–Crippen MR) is 74.8 cm³/mol. The first kappa shape index (κ1) is 11.2. The lowest BCUT2D eigenvalue weighted by Crippen LogP contribution is -1.83. The quantitative estimate of drug-likeness (QED) is 0.687. The van der Waals surface area contributed by atoms with Crippen molar-refractivity contribution in [2.45, 2.75) is 16.7 Å². The lowest BCUT2D eigenvalue weighted by Gasteiger charge is -2.05. The highest BCUT2D eigenvalue weighted by Crippen LogP contribution is 2.32. The Morgan fingerprint density at radius 3 is 2.67 bits per heavy atom. The summed E-state index contributed by atoms with van der Waals surface area (Å²) in [4.78, 5) is 10.8. The van der Waals surface area contributed by atoms with Crippen molar-refractivity contribution in [3.8, 4) is 0 Å². The van der Waals surface area contributed by atoms with E-state index in [9.17, 15) is 0 Å². The number of aryl methyl sites for hydroxylation is 1. The lowest BCUT2D eigenvalue weighted by atomic mass is 10.2. The molecule has 0 amide bonds. The van der Waals surface area contributed by atoms with Gasteiger partial charge in [-0.1, -0.05) is 35.5 Å². The van der Waals surface area contributed by atoms with Gasteiger partial charge in [0, 0.05) is 21.4 Å². The molecule has 2 aromatic carbocycles. The molecule has 88 valence electrons. The Morgan fingerprint density at radius 2 is 1.83 bits per heavy atom. The van der Waals surface area contributed by atoms with Gasteiger partial charge in [-0.15, -0.1) is 0 Å². The molecule has 0 spiro atoms. The molecule has 1 heterocycles. The van der Waals surface area contributed by atoms with Gasteiger partial charge in [0.1, 0.15) is 6.33 Å². The summed E-state index contributed by atoms with van der Waals surface area (Å²) in [5.74, 6) is 0. The molecule has 0 saturated carbocycles. The minimum Gasteiger partial charge on any atom is -0.244 e. The van der Waals surface area contributed by atoms with Crippen LogP contribution in [0.15, 0.2) is 64.8 Å². The molecular formula is C15H12N2S. The van der Waals surface area contributed by atoms with E-state index in [4.69, 9.17) is 0 Å². The third kappa shape index (κ3) is 2.22. The van der Waals surface area contributed by atoms with Gasteiger partial charge in [-0.2, -0.15) is 0 Å². The average Bonchev–Trinajstić information content (AvgIpc) is 2.42. The molecule has 3 rings (SSSR count). The number of hydrogen-bond donors (Lipinski definition) is 0. The van der Waals surface area contributed by atoms with Crippen LogP contribution in [0, 0.1) is 6.92 Å². The zero-order valence-electron chi connectivity index (χ0n) is 10.00. The fourth-order valence-electron chi connectivity index (χ4n) is 1.80. The molecule has 18 heavy (non-hydrogen) atoms. The van der Waals surface area contributed by atoms with E-state index < -0.39 is 0 Å². The van der Waals surface area contributed by atoms with Crippen molar-refractivity contribution in [1.29, 1.82) is 0 Å². The van der Waals surface area contributed by atoms with Crippen LogP contribution < -0.4 is 0 Å². The van der Waals surface area contributed by atoms with E-state index in [1.807, 2.05) is 18.3 Å². The van der Waals surface area contributed by atoms with E-state index in [1.165, 1.54) is 15.4 Å². The van der Waals surface area contributed by atoms with E-state index in [1.54, 1.807) is 18.1 Å². The van der Waals surface area contributed by atoms with Crippen molar-refractivity contribution in [3.63, 3.8) is 0 Å². The Bertz CT molecular complexity index is 672. The Hall–Kier alpha value is -1.87. The molecule has 0 fully saturated rings. The first-order valence-corrected chi connectivity index (χ1v) is 6.58. The van der Waals surface area contributed by atoms with Crippen LogP contribution in [0.5, 0.6) is 0 Å². The first-order chi connectivity index (χ1) is 8.83. The normalized spacial score (nSPS) is 10.7. The number of rotatable bonds is 2. The largest absolute Gasteiger partial charge is 0.244 e. The second-order valence-electron chi connectivity index (χ2n) is 4.13. The van der Waals surface area contributed by atoms with Crippen LogP contribution in [0.3, 0.4) is 0 Å². The van der Waals surface area contributed by atoms with Crippen molar-refractivity contribution in [1.82, 2.24) is 9.97 Å². The van der Waals surface area contributed by atoms with E-state index in [0.717, 1.165) is 10.9 Å². The van der Waals surface area contributed by atoms with Gasteiger partial charge in [-0.05, 0) is 31.2 Å². The SMILES string of the molecule is Cc1ccc(Sc2cccc3ncncc23)cc1. The fraction of sp³-hybridized carbons (Fsp3) is 0.0667. The zero-order valence-corrected chi connectivity index (χ0v) is 10.8. The molecular weight excluding hydrogens is 240 g/mol. The summed E-state index contributed by atoms with van der Waals surface area (Å²) < 4.78 is 0. The van der Waals surface area contributed by atoms with Gasteiger partial charge in [-0.25, -0.2) is 9.97 Å². The predicted octanol–water partition coefficient (Wildman–Crippen LogP) is 4.09. The summed E-state index contributed by atoms with van der Waals surface area (Å²) in [5.41, 5.74) is 2.27. The monoisotopic (exact) mass is 252 g/mol. The standard InChI is InChI=1S/C15H12N2S/c1-11-5-7-12(8-6-11)18-15-4-2-3-14-13(15)9-16-10-17-14/h2-10H,1H3. The Balaban J connectivity index is 2.02. The molecule has 0 bridgehead atoms. The molecule has 2 nitrogen and oxygen atoms in total. The van der Waals surface area contributed by atoms with Crippen LogP contribution in [0.4, 0.5) is 0 Å². The second kappa shape index (κ2) is 4.78. The third-order valence-electron chi connectivity index (χ3n) is 2.76. The van der Waals surface area contributed by atoms with Gasteiger partial charge in [-0.3, -0.25) is 0 Å². The van der Waals surface area contributed by atoms with Crippen molar-refractivity contribution in [2.24, 2.45) is 0 Å². The van der Waals surface area contributed by atoms with E-state index in [-0.39, 0.29) is 0 Å². The number of benzene rings is 2. The maximum absolute atomic E-state index is 4.27. The van der Waals surface area contributed by atoms with Gasteiger partial charge in [0.05, 0.1) is 5.52 Å². The molecule has 0 saturated heterocycles. The third-order valence-corrected chi connectivity index (χ3v) is 3.84. The number of hydrogen-bond acceptors (Lipinski definition) is 3. The summed E-state index contributed by atoms with van der Waals surface area (Å²) in [6.07, 6.45) is 3.46. The minimum atomic E-state index is 0.988. The molecule has 0 radical (unpaired) electrons. The molecule has 0 unspecified atom stereocenters. The van der Waals surface area contributed by atoms with Crippen LogP contribution >= 0.6 is 11.8 Å². The van der Waals surface area contributed by atoms with E-state index in [0.29, 0.717) is 0 Å². The highest BCUT2D eigenvalue weighted by atomic mass is 32.2. The van der Waals surface area contributed by atoms with Gasteiger partial charge in [0.15, 0.2) is 0 Å². The van der Waals surface area contributed by atoms with E-state index >= 15 is 0 Å². The van der Waals surface area contributed by atoms with Crippen molar-refractivity contribution in [2.75, 3.05) is 0 Å². The maximum Gasteiger partial charge on any atom is 0.116 e. The Kier molecular flexibility index (Phi) is 2.99. The topological polar surface area (TPSA) is 25.8 Å². The van der Waals surface area contributed by atoms with Gasteiger partial charge in [0.2, 0.25) is 0 Å². The summed E-state index contributed by atoms with van der Waals surface area (Å²) in [5, 5.41) is 1.10. The molecule has 0 aliphatic rings. The highest BCUT2D eigenvalue weighted by molar-refractivity contribution is 7.99. The summed E-state index contributed by atoms with van der Waals surface area (Å²) in [6.45, 7) is 2.10. The summed E-state index contributed by atoms with van der Waals surface area (Å²) >= 11 is 1.75. The molecule has 0 atom stereocenters. The van der Waals surface area contributed by atoms with Crippen LogP contribution in [0.2, 0.25) is 0 Å². The average molecular weight is 252 g/mol. The number of aromatic nitrogens is 2. The fourth-order valence-corrected chi connectivity index (χ4v) is 2.74. The lowest BCUT2D eigenvalue weighted by molar-refractivity contribution is 1.21. The minimum absolute atomic E-state index is 0.988. The van der Waals surface area contributed by atoms with Crippen molar-refractivity contribution >= 4 is 22.7 Å². The molecule has 0 N–H and O–H groups in total. The van der Waals surface area contributed by atoms with E-state index in [2.05, 4.69) is 47.2 Å². The molecule has 0 aliphatic carbocycles. The van der Waals surface area contributed by atoms with Crippen LogP contribution in [-0.2, 0) is 0 Å². The van der Waals surface area contributed by atoms with Gasteiger partial charge in [0.25, 0.3) is 0 Å². The molecule has 0 aliphatic heterocycles. The molecule has 1 aromatic heterocycles. The highest BCUT2D eigenvalue weighted by Gasteiger charge is 2.03. The zero-order chi connectivity index (χ0) is 12.4. The Labute approximate surface area is 110 Å². The van der Waals surface area contributed by atoms with Gasteiger partial charge < -0.3 is 0 Å². The summed E-state index contributed by atoms with van der Waals surface area (Å²) in [6, 6.07) is 14.7. The first-order valence-electron chi connectivity index (χ1n) is 5.76. The smallest absolute Gasteiger partial charge is 0.116 e. The summed E-state index contributed by atoms with van der Waals surface area (Å²) in [7, 11) is 0. The molecule has 3 aromatic rings. The number of nitrogens with zero attached hydrogens (tertiary/aromatic N) is 2.